The second-order valence-electron chi connectivity index (χ2n) is 13.0. The lowest BCUT2D eigenvalue weighted by atomic mass is 9.59. The molecule has 0 spiro atoms. The number of phenolic OH excluding ortho intramolecular Hbond substituents is 1. The number of ketones is 2. The number of halogens is 3. The van der Waals surface area contributed by atoms with Crippen LogP contribution in [0, 0.1) is 17.8 Å². The van der Waals surface area contributed by atoms with E-state index in [2.05, 4.69) is 21.8 Å². The first-order valence-corrected chi connectivity index (χ1v) is 15.8. The van der Waals surface area contributed by atoms with Crippen LogP contribution in [0.15, 0.2) is 83.0 Å². The molecule has 2 saturated heterocycles. The van der Waals surface area contributed by atoms with Gasteiger partial charge in [-0.05, 0) is 68.4 Å². The SMILES string of the molecule is CC1=CC(=O)C2=C(CC3C(=CCC4C(=O)N(C5CCN(Cc6ccccc6)CC5)C(=O)C43)C2c2cc(OC(F)(F)F)ccc2O)C1=O. The van der Waals surface area contributed by atoms with Crippen molar-refractivity contribution in [2.24, 2.45) is 17.8 Å². The van der Waals surface area contributed by atoms with Crippen LogP contribution in [-0.4, -0.2) is 63.8 Å². The number of hydrogen-bond donors (Lipinski definition) is 1. The standard InChI is InChI=1S/C36H33F3N2O6/c1-19-15-29(43)32-27(33(19)44)17-25-23(30(32)26-16-22(7-10-28(26)42)47-36(37,38)39)8-9-24-31(25)35(46)41(34(24)45)21-11-13-40(14-12-21)18-20-5-3-2-4-6-20/h2-8,10,15-16,21,24-25,30-31,42H,9,11-14,17-18H2,1H3. The maximum atomic E-state index is 14.3. The van der Waals surface area contributed by atoms with E-state index in [9.17, 15) is 37.5 Å². The van der Waals surface area contributed by atoms with Crippen LogP contribution in [-0.2, 0) is 25.7 Å². The number of phenols is 1. The van der Waals surface area contributed by atoms with Gasteiger partial charge in [-0.25, -0.2) is 0 Å². The molecule has 2 heterocycles. The summed E-state index contributed by atoms with van der Waals surface area (Å²) in [5.41, 5.74) is 2.13. The number of amides is 2. The molecule has 7 rings (SSSR count). The van der Waals surface area contributed by atoms with Crippen LogP contribution in [0.1, 0.15) is 49.7 Å². The van der Waals surface area contributed by atoms with E-state index >= 15 is 0 Å². The Labute approximate surface area is 269 Å². The van der Waals surface area contributed by atoms with Crippen molar-refractivity contribution in [3.05, 3.63) is 94.1 Å². The Kier molecular flexibility index (Phi) is 7.69. The van der Waals surface area contributed by atoms with Gasteiger partial charge in [0, 0.05) is 53.9 Å². The number of piperidine rings is 1. The number of Topliss-reactive ketones (excluding diaryl/α,β-unsaturated/α-hetero) is 1. The highest BCUT2D eigenvalue weighted by Gasteiger charge is 2.57. The minimum absolute atomic E-state index is 0.0382. The summed E-state index contributed by atoms with van der Waals surface area (Å²) < 4.78 is 43.6. The van der Waals surface area contributed by atoms with Gasteiger partial charge < -0.3 is 9.84 Å². The summed E-state index contributed by atoms with van der Waals surface area (Å²) in [6.07, 6.45) is -0.538. The van der Waals surface area contributed by atoms with Gasteiger partial charge in [-0.3, -0.25) is 29.0 Å². The smallest absolute Gasteiger partial charge is 0.508 e. The van der Waals surface area contributed by atoms with Gasteiger partial charge in [-0.1, -0.05) is 42.0 Å². The molecule has 2 aromatic carbocycles. The molecule has 4 atom stereocenters. The summed E-state index contributed by atoms with van der Waals surface area (Å²) in [7, 11) is 0. The third-order valence-corrected chi connectivity index (χ3v) is 10.3. The summed E-state index contributed by atoms with van der Waals surface area (Å²) >= 11 is 0. The molecule has 5 aliphatic rings. The first-order chi connectivity index (χ1) is 22.4. The third-order valence-electron chi connectivity index (χ3n) is 10.3. The zero-order valence-electron chi connectivity index (χ0n) is 25.6. The molecule has 0 aromatic heterocycles. The maximum absolute atomic E-state index is 14.3. The fraction of sp³-hybridized carbons (Fsp3) is 0.389. The first-order valence-electron chi connectivity index (χ1n) is 15.8. The molecule has 2 aromatic rings. The van der Waals surface area contributed by atoms with Gasteiger partial charge in [0.1, 0.15) is 11.5 Å². The normalized spacial score (nSPS) is 26.9. The molecule has 0 saturated carbocycles. The average Bonchev–Trinajstić information content (AvgIpc) is 3.29. The number of imide groups is 1. The molecular formula is C36H33F3N2O6. The van der Waals surface area contributed by atoms with E-state index in [0.717, 1.165) is 37.8 Å². The summed E-state index contributed by atoms with van der Waals surface area (Å²) in [5.74, 6) is -5.64. The number of aromatic hydroxyl groups is 1. The fourth-order valence-corrected chi connectivity index (χ4v) is 8.26. The number of rotatable bonds is 5. The van der Waals surface area contributed by atoms with Crippen molar-refractivity contribution < 1.29 is 42.2 Å². The molecule has 8 nitrogen and oxygen atoms in total. The Bertz CT molecular complexity index is 1770. The zero-order valence-corrected chi connectivity index (χ0v) is 25.6. The van der Waals surface area contributed by atoms with Crippen LogP contribution in [0.3, 0.4) is 0 Å². The summed E-state index contributed by atoms with van der Waals surface area (Å²) in [4.78, 5) is 58.8. The highest BCUT2D eigenvalue weighted by Crippen LogP contribution is 2.56. The maximum Gasteiger partial charge on any atom is 0.573 e. The summed E-state index contributed by atoms with van der Waals surface area (Å²) in [5, 5.41) is 10.9. The monoisotopic (exact) mass is 646 g/mol. The van der Waals surface area contributed by atoms with Gasteiger partial charge in [0.2, 0.25) is 11.8 Å². The minimum Gasteiger partial charge on any atom is -0.508 e. The second-order valence-corrected chi connectivity index (χ2v) is 13.0. The highest BCUT2D eigenvalue weighted by molar-refractivity contribution is 6.23. The number of benzene rings is 2. The topological polar surface area (TPSA) is 104 Å². The fourth-order valence-electron chi connectivity index (χ4n) is 8.26. The highest BCUT2D eigenvalue weighted by atomic mass is 19.4. The van der Waals surface area contributed by atoms with E-state index in [4.69, 9.17) is 0 Å². The molecule has 11 heteroatoms. The molecule has 0 radical (unpaired) electrons. The van der Waals surface area contributed by atoms with E-state index < -0.39 is 47.3 Å². The van der Waals surface area contributed by atoms with Gasteiger partial charge in [-0.2, -0.15) is 0 Å². The molecule has 3 aliphatic carbocycles. The molecule has 2 aliphatic heterocycles. The third kappa shape index (κ3) is 5.50. The van der Waals surface area contributed by atoms with Crippen LogP contribution in [0.5, 0.6) is 11.5 Å². The summed E-state index contributed by atoms with van der Waals surface area (Å²) in [6.45, 7) is 3.72. The van der Waals surface area contributed by atoms with E-state index in [1.54, 1.807) is 6.08 Å². The van der Waals surface area contributed by atoms with Crippen LogP contribution >= 0.6 is 0 Å². The Hall–Kier alpha value is -4.51. The predicted octanol–water partition coefficient (Wildman–Crippen LogP) is 5.38. The number of fused-ring (bicyclic) bond motifs is 3. The lowest BCUT2D eigenvalue weighted by molar-refractivity contribution is -0.274. The lowest BCUT2D eigenvalue weighted by Gasteiger charge is -2.42. The Balaban J connectivity index is 1.21. The first kappa shape index (κ1) is 31.1. The van der Waals surface area contributed by atoms with E-state index in [0.29, 0.717) is 18.4 Å². The number of hydrogen-bond acceptors (Lipinski definition) is 7. The average molecular weight is 647 g/mol. The molecular weight excluding hydrogens is 613 g/mol. The van der Waals surface area contributed by atoms with E-state index in [1.807, 2.05) is 18.2 Å². The Morgan fingerprint density at radius 3 is 2.38 bits per heavy atom. The van der Waals surface area contributed by atoms with Crippen molar-refractivity contribution in [2.45, 2.75) is 57.5 Å². The number of likely N-dealkylation sites (tertiary alicyclic amines) is 2. The molecule has 47 heavy (non-hydrogen) atoms. The molecule has 244 valence electrons. The van der Waals surface area contributed by atoms with Crippen LogP contribution in [0.4, 0.5) is 13.2 Å². The quantitative estimate of drug-likeness (QED) is 0.264. The van der Waals surface area contributed by atoms with Crippen molar-refractivity contribution in [1.29, 1.82) is 0 Å². The number of ether oxygens (including phenoxy) is 1. The van der Waals surface area contributed by atoms with E-state index in [-0.39, 0.29) is 58.7 Å². The van der Waals surface area contributed by atoms with Crippen LogP contribution < -0.4 is 4.74 Å². The molecule has 0 bridgehead atoms. The van der Waals surface area contributed by atoms with Gasteiger partial charge >= 0.3 is 6.36 Å². The molecule has 2 amide bonds. The van der Waals surface area contributed by atoms with Crippen molar-refractivity contribution in [1.82, 2.24) is 9.80 Å². The van der Waals surface area contributed by atoms with Crippen LogP contribution in [0.2, 0.25) is 0 Å². The number of alkyl halides is 3. The van der Waals surface area contributed by atoms with Crippen molar-refractivity contribution in [3.63, 3.8) is 0 Å². The second kappa shape index (κ2) is 11.6. The van der Waals surface area contributed by atoms with Crippen molar-refractivity contribution in [3.8, 4) is 11.5 Å². The summed E-state index contributed by atoms with van der Waals surface area (Å²) in [6, 6.07) is 12.8. The van der Waals surface area contributed by atoms with Gasteiger partial charge in [0.15, 0.2) is 11.6 Å². The lowest BCUT2D eigenvalue weighted by Crippen LogP contribution is -2.47. The van der Waals surface area contributed by atoms with E-state index in [1.165, 1.54) is 23.5 Å². The molecule has 2 fully saturated rings. The minimum atomic E-state index is -5.00. The number of carbonyl (C=O) groups is 4. The van der Waals surface area contributed by atoms with Crippen molar-refractivity contribution >= 4 is 23.4 Å². The van der Waals surface area contributed by atoms with Gasteiger partial charge in [0.25, 0.3) is 0 Å². The number of carbonyl (C=O) groups excluding carboxylic acids is 4. The number of allylic oxidation sites excluding steroid dienone is 6. The Morgan fingerprint density at radius 2 is 1.68 bits per heavy atom. The van der Waals surface area contributed by atoms with Gasteiger partial charge in [-0.15, -0.1) is 13.2 Å². The predicted molar refractivity (Wildman–Crippen MR) is 163 cm³/mol. The zero-order chi connectivity index (χ0) is 33.2. The van der Waals surface area contributed by atoms with Crippen LogP contribution in [0.25, 0.3) is 0 Å². The molecule has 1 N–H and O–H groups in total. The number of nitrogens with zero attached hydrogens (tertiary/aromatic N) is 2. The van der Waals surface area contributed by atoms with Crippen molar-refractivity contribution in [2.75, 3.05) is 13.1 Å². The Morgan fingerprint density at radius 1 is 0.957 bits per heavy atom. The largest absolute Gasteiger partial charge is 0.573 e. The van der Waals surface area contributed by atoms with Gasteiger partial charge in [0.05, 0.1) is 11.8 Å². The molecule has 4 unspecified atom stereocenters.